The summed E-state index contributed by atoms with van der Waals surface area (Å²) >= 11 is 0. The molecule has 2 heterocycles. The molecular formula is C12H21N5. The van der Waals surface area contributed by atoms with Crippen LogP contribution in [0.3, 0.4) is 0 Å². The molecule has 1 fully saturated rings. The number of aromatic nitrogens is 2. The predicted molar refractivity (Wildman–Crippen MR) is 70.1 cm³/mol. The lowest BCUT2D eigenvalue weighted by atomic mass is 10.2. The minimum absolute atomic E-state index is 0.363. The summed E-state index contributed by atoms with van der Waals surface area (Å²) in [5, 5.41) is 0. The number of rotatable bonds is 3. The number of nitrogens with two attached hydrogens (primary N) is 1. The summed E-state index contributed by atoms with van der Waals surface area (Å²) in [6, 6.07) is 0. The maximum absolute atomic E-state index is 5.65. The van der Waals surface area contributed by atoms with Crippen LogP contribution in [0.25, 0.3) is 0 Å². The SMILES string of the molecule is CCCN1CCN(c2nc(N)ncc2C)CC1. The molecule has 1 aromatic rings. The van der Waals surface area contributed by atoms with Crippen LogP contribution in [0, 0.1) is 6.92 Å². The first-order valence-electron chi connectivity index (χ1n) is 6.27. The lowest BCUT2D eigenvalue weighted by Gasteiger charge is -2.35. The Morgan fingerprint density at radius 2 is 2.00 bits per heavy atom. The van der Waals surface area contributed by atoms with E-state index in [-0.39, 0.29) is 0 Å². The van der Waals surface area contributed by atoms with Crippen LogP contribution < -0.4 is 10.6 Å². The summed E-state index contributed by atoms with van der Waals surface area (Å²) in [4.78, 5) is 13.2. The van der Waals surface area contributed by atoms with Gasteiger partial charge >= 0.3 is 0 Å². The average molecular weight is 235 g/mol. The second kappa shape index (κ2) is 5.31. The highest BCUT2D eigenvalue weighted by atomic mass is 15.3. The summed E-state index contributed by atoms with van der Waals surface area (Å²) in [6.45, 7) is 9.72. The third kappa shape index (κ3) is 2.85. The van der Waals surface area contributed by atoms with Crippen LogP contribution in [0.2, 0.25) is 0 Å². The maximum Gasteiger partial charge on any atom is 0.221 e. The summed E-state index contributed by atoms with van der Waals surface area (Å²) in [5.74, 6) is 1.36. The Kier molecular flexibility index (Phi) is 3.78. The Hall–Kier alpha value is -1.36. The lowest BCUT2D eigenvalue weighted by Crippen LogP contribution is -2.47. The molecule has 0 radical (unpaired) electrons. The van der Waals surface area contributed by atoms with E-state index < -0.39 is 0 Å². The first-order valence-corrected chi connectivity index (χ1v) is 6.27. The van der Waals surface area contributed by atoms with Gasteiger partial charge in [-0.1, -0.05) is 6.92 Å². The first kappa shape index (κ1) is 12.1. The fraction of sp³-hybridized carbons (Fsp3) is 0.667. The minimum Gasteiger partial charge on any atom is -0.368 e. The van der Waals surface area contributed by atoms with Gasteiger partial charge in [-0.3, -0.25) is 4.90 Å². The van der Waals surface area contributed by atoms with Crippen molar-refractivity contribution in [3.63, 3.8) is 0 Å². The quantitative estimate of drug-likeness (QED) is 0.843. The third-order valence-electron chi connectivity index (χ3n) is 3.18. The number of nitrogen functional groups attached to an aromatic ring is 1. The van der Waals surface area contributed by atoms with Crippen LogP contribution >= 0.6 is 0 Å². The monoisotopic (exact) mass is 235 g/mol. The highest BCUT2D eigenvalue weighted by Crippen LogP contribution is 2.18. The Labute approximate surface area is 103 Å². The minimum atomic E-state index is 0.363. The molecule has 1 aromatic heterocycles. The van der Waals surface area contributed by atoms with E-state index in [2.05, 4.69) is 26.7 Å². The normalized spacial score (nSPS) is 17.4. The van der Waals surface area contributed by atoms with Gasteiger partial charge in [0.25, 0.3) is 0 Å². The van der Waals surface area contributed by atoms with Gasteiger partial charge in [0.2, 0.25) is 5.95 Å². The van der Waals surface area contributed by atoms with Crippen LogP contribution in [0.5, 0.6) is 0 Å². The van der Waals surface area contributed by atoms with Crippen LogP contribution in [-0.4, -0.2) is 47.6 Å². The van der Waals surface area contributed by atoms with Crippen molar-refractivity contribution in [1.29, 1.82) is 0 Å². The van der Waals surface area contributed by atoms with E-state index in [9.17, 15) is 0 Å². The lowest BCUT2D eigenvalue weighted by molar-refractivity contribution is 0.258. The summed E-state index contributed by atoms with van der Waals surface area (Å²) in [7, 11) is 0. The predicted octanol–water partition coefficient (Wildman–Crippen LogP) is 0.899. The van der Waals surface area contributed by atoms with E-state index in [4.69, 9.17) is 5.73 Å². The fourth-order valence-electron chi connectivity index (χ4n) is 2.27. The Bertz CT molecular complexity index is 371. The Morgan fingerprint density at radius 1 is 1.29 bits per heavy atom. The summed E-state index contributed by atoms with van der Waals surface area (Å²) in [5.41, 5.74) is 6.75. The highest BCUT2D eigenvalue weighted by molar-refractivity contribution is 5.48. The molecule has 2 rings (SSSR count). The summed E-state index contributed by atoms with van der Waals surface area (Å²) in [6.07, 6.45) is 3.02. The molecule has 0 bridgehead atoms. The molecule has 94 valence electrons. The van der Waals surface area contributed by atoms with Crippen LogP contribution in [0.1, 0.15) is 18.9 Å². The number of anilines is 2. The van der Waals surface area contributed by atoms with Gasteiger partial charge in [-0.2, -0.15) is 4.98 Å². The van der Waals surface area contributed by atoms with E-state index in [1.54, 1.807) is 6.20 Å². The van der Waals surface area contributed by atoms with E-state index in [0.29, 0.717) is 5.95 Å². The number of nitrogens with zero attached hydrogens (tertiary/aromatic N) is 4. The van der Waals surface area contributed by atoms with E-state index >= 15 is 0 Å². The zero-order chi connectivity index (χ0) is 12.3. The van der Waals surface area contributed by atoms with Crippen molar-refractivity contribution in [2.75, 3.05) is 43.4 Å². The molecule has 0 spiro atoms. The van der Waals surface area contributed by atoms with Crippen LogP contribution in [0.15, 0.2) is 6.20 Å². The van der Waals surface area contributed by atoms with Crippen LogP contribution in [0.4, 0.5) is 11.8 Å². The van der Waals surface area contributed by atoms with Crippen molar-refractivity contribution >= 4 is 11.8 Å². The van der Waals surface area contributed by atoms with Gasteiger partial charge in [0.1, 0.15) is 5.82 Å². The zero-order valence-corrected chi connectivity index (χ0v) is 10.7. The molecule has 1 aliphatic heterocycles. The first-order chi connectivity index (χ1) is 8.20. The van der Waals surface area contributed by atoms with Crippen LogP contribution in [-0.2, 0) is 0 Å². The van der Waals surface area contributed by atoms with Crippen molar-refractivity contribution in [1.82, 2.24) is 14.9 Å². The standard InChI is InChI=1S/C12H21N5/c1-3-4-16-5-7-17(8-6-16)11-10(2)9-14-12(13)15-11/h9H,3-8H2,1-2H3,(H2,13,14,15). The summed E-state index contributed by atoms with van der Waals surface area (Å²) < 4.78 is 0. The maximum atomic E-state index is 5.65. The van der Waals surface area contributed by atoms with E-state index in [1.165, 1.54) is 13.0 Å². The van der Waals surface area contributed by atoms with Gasteiger partial charge in [-0.15, -0.1) is 0 Å². The van der Waals surface area contributed by atoms with Gasteiger partial charge in [-0.25, -0.2) is 4.98 Å². The number of piperazine rings is 1. The molecule has 0 aromatic carbocycles. The third-order valence-corrected chi connectivity index (χ3v) is 3.18. The average Bonchev–Trinajstić information content (AvgIpc) is 2.34. The molecule has 0 unspecified atom stereocenters. The Morgan fingerprint density at radius 3 is 2.65 bits per heavy atom. The Balaban J connectivity index is 2.02. The molecule has 5 nitrogen and oxygen atoms in total. The van der Waals surface area contributed by atoms with Gasteiger partial charge in [-0.05, 0) is 19.9 Å². The molecule has 17 heavy (non-hydrogen) atoms. The van der Waals surface area contributed by atoms with Gasteiger partial charge in [0.15, 0.2) is 0 Å². The number of aryl methyl sites for hydroxylation is 1. The van der Waals surface area contributed by atoms with Crippen molar-refractivity contribution in [2.45, 2.75) is 20.3 Å². The highest BCUT2D eigenvalue weighted by Gasteiger charge is 2.18. The second-order valence-corrected chi connectivity index (χ2v) is 4.56. The molecule has 1 aliphatic rings. The van der Waals surface area contributed by atoms with Crippen molar-refractivity contribution in [2.24, 2.45) is 0 Å². The topological polar surface area (TPSA) is 58.3 Å². The molecule has 2 N–H and O–H groups in total. The van der Waals surface area contributed by atoms with Gasteiger partial charge in [0.05, 0.1) is 0 Å². The largest absolute Gasteiger partial charge is 0.368 e. The zero-order valence-electron chi connectivity index (χ0n) is 10.7. The fourth-order valence-corrected chi connectivity index (χ4v) is 2.27. The molecule has 0 atom stereocenters. The second-order valence-electron chi connectivity index (χ2n) is 4.56. The van der Waals surface area contributed by atoms with E-state index in [0.717, 1.165) is 37.6 Å². The molecule has 5 heteroatoms. The van der Waals surface area contributed by atoms with E-state index in [1.807, 2.05) is 6.92 Å². The number of hydrogen-bond acceptors (Lipinski definition) is 5. The van der Waals surface area contributed by atoms with Gasteiger partial charge < -0.3 is 10.6 Å². The molecule has 1 saturated heterocycles. The number of hydrogen-bond donors (Lipinski definition) is 1. The van der Waals surface area contributed by atoms with Crippen molar-refractivity contribution in [3.05, 3.63) is 11.8 Å². The molecule has 0 aliphatic carbocycles. The molecule has 0 amide bonds. The smallest absolute Gasteiger partial charge is 0.221 e. The van der Waals surface area contributed by atoms with Crippen molar-refractivity contribution < 1.29 is 0 Å². The van der Waals surface area contributed by atoms with Crippen molar-refractivity contribution in [3.8, 4) is 0 Å². The molecule has 0 saturated carbocycles. The molecular weight excluding hydrogens is 214 g/mol. The van der Waals surface area contributed by atoms with Gasteiger partial charge in [0, 0.05) is 37.9 Å².